The molecule has 1 unspecified atom stereocenters. The summed E-state index contributed by atoms with van der Waals surface area (Å²) >= 11 is 2.11. The second-order valence-electron chi connectivity index (χ2n) is 6.09. The Bertz CT molecular complexity index is 776. The smallest absolute Gasteiger partial charge is 0.188 e. The van der Waals surface area contributed by atoms with Crippen LogP contribution in [0.2, 0.25) is 0 Å². The molecule has 2 aromatic rings. The van der Waals surface area contributed by atoms with E-state index >= 15 is 0 Å². The van der Waals surface area contributed by atoms with Crippen molar-refractivity contribution in [1.82, 2.24) is 0 Å². The van der Waals surface area contributed by atoms with Crippen LogP contribution in [0.25, 0.3) is 10.8 Å². The van der Waals surface area contributed by atoms with Gasteiger partial charge < -0.3 is 19.3 Å². The number of methoxy groups -OCH3 is 1. The molecule has 1 fully saturated rings. The van der Waals surface area contributed by atoms with Crippen LogP contribution in [-0.4, -0.2) is 32.2 Å². The van der Waals surface area contributed by atoms with Crippen molar-refractivity contribution in [3.8, 4) is 18.1 Å². The van der Waals surface area contributed by atoms with Gasteiger partial charge in [0.25, 0.3) is 0 Å². The van der Waals surface area contributed by atoms with Crippen molar-refractivity contribution in [2.45, 2.75) is 31.8 Å². The lowest BCUT2D eigenvalue weighted by atomic mass is 9.97. The minimum atomic E-state index is -0.931. The number of benzene rings is 2. The number of aliphatic hydroxyl groups is 1. The van der Waals surface area contributed by atoms with Crippen LogP contribution in [0.3, 0.4) is 0 Å². The summed E-state index contributed by atoms with van der Waals surface area (Å²) in [6, 6.07) is 6.61. The lowest BCUT2D eigenvalue weighted by Crippen LogP contribution is -2.04. The molecule has 0 saturated carbocycles. The van der Waals surface area contributed by atoms with Gasteiger partial charge in [0.15, 0.2) is 6.79 Å². The fourth-order valence-corrected chi connectivity index (χ4v) is 3.71. The fraction of sp³-hybridized carbons (Fsp3) is 0.429. The lowest BCUT2D eigenvalue weighted by Gasteiger charge is -2.16. The summed E-state index contributed by atoms with van der Waals surface area (Å²) in [6.45, 7) is 2.14. The number of rotatable bonds is 6. The van der Waals surface area contributed by atoms with Gasteiger partial charge in [-0.15, -0.1) is 12.3 Å². The Labute approximate surface area is 173 Å². The molecule has 27 heavy (non-hydrogen) atoms. The summed E-state index contributed by atoms with van der Waals surface area (Å²) in [5.74, 6) is 2.67. The van der Waals surface area contributed by atoms with Gasteiger partial charge in [0.1, 0.15) is 11.6 Å². The molecule has 6 heteroatoms. The average Bonchev–Trinajstić information content (AvgIpc) is 3.25. The molecular formula is C21H24FIO4. The van der Waals surface area contributed by atoms with Gasteiger partial charge in [0.05, 0.1) is 6.10 Å². The van der Waals surface area contributed by atoms with Crippen LogP contribution in [0, 0.1) is 21.7 Å². The van der Waals surface area contributed by atoms with E-state index in [0.717, 1.165) is 22.2 Å². The number of halogens is 2. The van der Waals surface area contributed by atoms with Gasteiger partial charge in [-0.05, 0) is 65.4 Å². The summed E-state index contributed by atoms with van der Waals surface area (Å²) < 4.78 is 30.3. The van der Waals surface area contributed by atoms with Gasteiger partial charge in [-0.3, -0.25) is 0 Å². The molecule has 1 aliphatic rings. The van der Waals surface area contributed by atoms with E-state index in [-0.39, 0.29) is 12.4 Å². The number of aliphatic hydroxyl groups excluding tert-OH is 1. The molecule has 1 saturated heterocycles. The highest BCUT2D eigenvalue weighted by molar-refractivity contribution is 14.1. The first-order valence-corrected chi connectivity index (χ1v) is 9.89. The van der Waals surface area contributed by atoms with Crippen molar-refractivity contribution in [2.24, 2.45) is 0 Å². The predicted octanol–water partition coefficient (Wildman–Crippen LogP) is 4.81. The van der Waals surface area contributed by atoms with Crippen LogP contribution in [-0.2, 0) is 9.47 Å². The van der Waals surface area contributed by atoms with Crippen LogP contribution in [0.5, 0.6) is 5.75 Å². The van der Waals surface area contributed by atoms with Crippen molar-refractivity contribution < 1.29 is 23.7 Å². The second-order valence-corrected chi connectivity index (χ2v) is 7.26. The highest BCUT2D eigenvalue weighted by atomic mass is 127. The van der Waals surface area contributed by atoms with E-state index < -0.39 is 11.9 Å². The maximum absolute atomic E-state index is 14.2. The molecular weight excluding hydrogens is 462 g/mol. The molecule has 3 rings (SSSR count). The molecule has 4 nitrogen and oxygen atoms in total. The van der Waals surface area contributed by atoms with Crippen LogP contribution in [0.1, 0.15) is 37.4 Å². The molecule has 1 aliphatic heterocycles. The Balaban J connectivity index is 0.000000451. The quantitative estimate of drug-likeness (QED) is 0.362. The zero-order valence-corrected chi connectivity index (χ0v) is 17.5. The molecule has 1 atom stereocenters. The SMILES string of the molecule is C#CCCC(O)c1c(F)ccc2cc(OCOC)cc(I)c12.C1CCOC1. The first-order valence-electron chi connectivity index (χ1n) is 8.81. The minimum Gasteiger partial charge on any atom is -0.468 e. The normalized spacial score (nSPS) is 14.3. The molecule has 2 aromatic carbocycles. The number of ether oxygens (including phenoxy) is 3. The van der Waals surface area contributed by atoms with Crippen LogP contribution in [0.15, 0.2) is 24.3 Å². The van der Waals surface area contributed by atoms with E-state index in [1.807, 2.05) is 0 Å². The molecule has 0 bridgehead atoms. The van der Waals surface area contributed by atoms with Crippen molar-refractivity contribution in [1.29, 1.82) is 0 Å². The number of fused-ring (bicyclic) bond motifs is 1. The highest BCUT2D eigenvalue weighted by Crippen LogP contribution is 2.35. The van der Waals surface area contributed by atoms with E-state index in [2.05, 4.69) is 28.5 Å². The van der Waals surface area contributed by atoms with Crippen molar-refractivity contribution in [3.05, 3.63) is 39.2 Å². The van der Waals surface area contributed by atoms with Crippen LogP contribution in [0.4, 0.5) is 4.39 Å². The van der Waals surface area contributed by atoms with Gasteiger partial charge in [-0.2, -0.15) is 0 Å². The maximum atomic E-state index is 14.2. The minimum absolute atomic E-state index is 0.139. The Morgan fingerprint density at radius 2 is 2.07 bits per heavy atom. The first kappa shape index (κ1) is 21.9. The third-order valence-corrected chi connectivity index (χ3v) is 4.95. The summed E-state index contributed by atoms with van der Waals surface area (Å²) in [5.41, 5.74) is 0.287. The zero-order valence-electron chi connectivity index (χ0n) is 15.3. The number of terminal acetylenes is 1. The first-order chi connectivity index (χ1) is 13.1. The molecule has 1 N–H and O–H groups in total. The molecule has 0 amide bonds. The van der Waals surface area contributed by atoms with Gasteiger partial charge in [-0.1, -0.05) is 6.07 Å². The predicted molar refractivity (Wildman–Crippen MR) is 112 cm³/mol. The molecule has 0 aliphatic carbocycles. The Kier molecular flexibility index (Phi) is 9.28. The Morgan fingerprint density at radius 3 is 2.67 bits per heavy atom. The van der Waals surface area contributed by atoms with Gasteiger partial charge >= 0.3 is 0 Å². The van der Waals surface area contributed by atoms with Gasteiger partial charge in [0.2, 0.25) is 0 Å². The van der Waals surface area contributed by atoms with Crippen LogP contribution >= 0.6 is 22.6 Å². The second kappa shape index (κ2) is 11.4. The van der Waals surface area contributed by atoms with Crippen LogP contribution < -0.4 is 4.74 Å². The third-order valence-electron chi connectivity index (χ3n) is 4.10. The Hall–Kier alpha value is -1.40. The molecule has 146 valence electrons. The third kappa shape index (κ3) is 6.32. The topological polar surface area (TPSA) is 47.9 Å². The van der Waals surface area contributed by atoms with Gasteiger partial charge in [0, 0.05) is 41.3 Å². The zero-order chi connectivity index (χ0) is 19.6. The Morgan fingerprint density at radius 1 is 1.33 bits per heavy atom. The van der Waals surface area contributed by atoms with Crippen molar-refractivity contribution in [3.63, 3.8) is 0 Å². The molecule has 1 heterocycles. The fourth-order valence-electron chi connectivity index (χ4n) is 2.80. The van der Waals surface area contributed by atoms with Crippen molar-refractivity contribution in [2.75, 3.05) is 27.1 Å². The maximum Gasteiger partial charge on any atom is 0.188 e. The standard InChI is InChI=1S/C17H16FIO3.C4H8O/c1-3-4-5-15(20)17-13(18)7-6-11-8-12(22-10-21-2)9-14(19)16(11)17;1-2-4-5-3-1/h1,6-9,15,20H,4-5,10H2,2H3;1-4H2. The largest absolute Gasteiger partial charge is 0.468 e. The number of hydrogen-bond acceptors (Lipinski definition) is 4. The summed E-state index contributed by atoms with van der Waals surface area (Å²) in [7, 11) is 1.54. The van der Waals surface area contributed by atoms with E-state index in [9.17, 15) is 9.50 Å². The van der Waals surface area contributed by atoms with E-state index in [1.54, 1.807) is 25.3 Å². The van der Waals surface area contributed by atoms with E-state index in [4.69, 9.17) is 20.6 Å². The van der Waals surface area contributed by atoms with Gasteiger partial charge in [-0.25, -0.2) is 4.39 Å². The lowest BCUT2D eigenvalue weighted by molar-refractivity contribution is 0.0512. The number of hydrogen-bond donors (Lipinski definition) is 1. The average molecular weight is 486 g/mol. The summed E-state index contributed by atoms with van der Waals surface area (Å²) in [6.07, 6.45) is 7.56. The molecule has 0 radical (unpaired) electrons. The van der Waals surface area contributed by atoms with E-state index in [1.165, 1.54) is 18.9 Å². The molecule has 0 aromatic heterocycles. The molecule has 0 spiro atoms. The van der Waals surface area contributed by atoms with Crippen molar-refractivity contribution >= 4 is 33.4 Å². The highest BCUT2D eigenvalue weighted by Gasteiger charge is 2.18. The summed E-state index contributed by atoms with van der Waals surface area (Å²) in [4.78, 5) is 0. The monoisotopic (exact) mass is 486 g/mol. The summed E-state index contributed by atoms with van der Waals surface area (Å²) in [5, 5.41) is 11.8. The van der Waals surface area contributed by atoms with E-state index in [0.29, 0.717) is 24.0 Å².